The molecule has 66 heavy (non-hydrogen) atoms. The minimum atomic E-state index is -1.33. The van der Waals surface area contributed by atoms with Crippen LogP contribution < -0.4 is 11.5 Å². The Hall–Kier alpha value is -2.09. The summed E-state index contributed by atoms with van der Waals surface area (Å²) in [5.41, 5.74) is 17.2. The Morgan fingerprint density at radius 3 is 2.53 bits per heavy atom. The van der Waals surface area contributed by atoms with Crippen LogP contribution in [-0.4, -0.2) is 83.7 Å². The number of carbonyl (C=O) groups excluding carboxylic acids is 1. The number of imidazole rings is 1. The van der Waals surface area contributed by atoms with Gasteiger partial charge in [0.05, 0.1) is 30.2 Å². The molecule has 1 aliphatic heterocycles. The van der Waals surface area contributed by atoms with E-state index in [0.29, 0.717) is 30.2 Å². The quantitative estimate of drug-likeness (QED) is 0.0749. The molecule has 12 heteroatoms. The first kappa shape index (κ1) is 45.1. The number of hydrogen-bond donors (Lipinski definition) is 6. The number of aliphatic hydroxyl groups excluding tert-OH is 3. The highest BCUT2D eigenvalue weighted by atomic mass is 33.1. The van der Waals surface area contributed by atoms with Crippen LogP contribution >= 0.6 is 21.6 Å². The van der Waals surface area contributed by atoms with Gasteiger partial charge in [0.25, 0.3) is 0 Å². The third-order valence-electron chi connectivity index (χ3n) is 22.0. The lowest BCUT2D eigenvalue weighted by Gasteiger charge is -2.64. The minimum absolute atomic E-state index is 0.000227. The summed E-state index contributed by atoms with van der Waals surface area (Å²) in [7, 11) is 3.78. The molecule has 0 unspecified atom stereocenters. The first-order valence-corrected chi connectivity index (χ1v) is 28.7. The average Bonchev–Trinajstić information content (AvgIpc) is 4.00. The number of aliphatic hydroxyl groups is 4. The van der Waals surface area contributed by atoms with Crippen molar-refractivity contribution in [2.45, 2.75) is 160 Å². The second-order valence-electron chi connectivity index (χ2n) is 25.4. The predicted octanol–water partition coefficient (Wildman–Crippen LogP) is 8.18. The molecule has 1 saturated heterocycles. The van der Waals surface area contributed by atoms with Crippen LogP contribution in [0.15, 0.2) is 57.7 Å². The van der Waals surface area contributed by atoms with Crippen molar-refractivity contribution in [3.05, 3.63) is 52.7 Å². The van der Waals surface area contributed by atoms with Crippen LogP contribution in [0, 0.1) is 86.8 Å². The van der Waals surface area contributed by atoms with E-state index in [4.69, 9.17) is 16.5 Å². The zero-order chi connectivity index (χ0) is 45.9. The van der Waals surface area contributed by atoms with E-state index < -0.39 is 40.7 Å². The van der Waals surface area contributed by atoms with Gasteiger partial charge in [0.2, 0.25) is 0 Å². The van der Waals surface area contributed by atoms with Gasteiger partial charge in [-0.25, -0.2) is 4.98 Å². The number of ketones is 1. The van der Waals surface area contributed by atoms with Crippen LogP contribution in [0.25, 0.3) is 0 Å². The fourth-order valence-electron chi connectivity index (χ4n) is 20.0. The van der Waals surface area contributed by atoms with Crippen LogP contribution in [-0.2, 0) is 4.79 Å². The van der Waals surface area contributed by atoms with E-state index >= 15 is 0 Å². The lowest BCUT2D eigenvalue weighted by molar-refractivity contribution is -0.171. The molecule has 7 saturated carbocycles. The normalized spacial score (nSPS) is 50.2. The van der Waals surface area contributed by atoms with Gasteiger partial charge in [0.1, 0.15) is 0 Å². The third-order valence-corrected chi connectivity index (χ3v) is 24.6. The van der Waals surface area contributed by atoms with E-state index in [1.54, 1.807) is 28.4 Å². The molecule has 12 rings (SSSR count). The fourth-order valence-corrected chi connectivity index (χ4v) is 22.7. The number of fused-ring (bicyclic) bond motifs is 14. The summed E-state index contributed by atoms with van der Waals surface area (Å²) in [6.45, 7) is 9.86. The first-order chi connectivity index (χ1) is 31.5. The highest BCUT2D eigenvalue weighted by molar-refractivity contribution is 8.76. The number of hydrogen-bond acceptors (Lipinski definition) is 9. The molecule has 10 nitrogen and oxygen atoms in total. The summed E-state index contributed by atoms with van der Waals surface area (Å²) in [6, 6.07) is 0.202. The lowest BCUT2D eigenvalue weighted by atomic mass is 9.41. The Bertz CT molecular complexity index is 2270. The SMILES string of the molecule is CC1(C)C[C@H](n2ccnc2)CSSC[C@H]2C[C@H]([C@@H]3C[C@@H]4CCCC5=C4[C@H](C1=C1C[C@H]4CC[C@@H]6CCC[C@@]6(C4)[C@@H]51)[C@H]3O)[C@@]1(C)C[C@H](CN=C(N)N)[C@H]3C(=CC(=O)[C@@H]4C[C@@H](O)[C@@H](O)C[C@]34C)[C@]21O. The van der Waals surface area contributed by atoms with Gasteiger partial charge in [-0.1, -0.05) is 78.0 Å². The number of guanidine groups is 1. The molecule has 10 aliphatic carbocycles. The number of aromatic nitrogens is 2. The van der Waals surface area contributed by atoms with Crippen molar-refractivity contribution >= 4 is 33.3 Å². The number of allylic oxidation sites excluding steroid dienone is 3. The van der Waals surface area contributed by atoms with E-state index in [2.05, 4.69) is 43.4 Å². The summed E-state index contributed by atoms with van der Waals surface area (Å²) < 4.78 is 2.34. The monoisotopic (exact) mass is 940 g/mol. The Morgan fingerprint density at radius 2 is 1.74 bits per heavy atom. The van der Waals surface area contributed by atoms with Gasteiger partial charge < -0.3 is 36.5 Å². The number of rotatable bonds is 3. The summed E-state index contributed by atoms with van der Waals surface area (Å²) >= 11 is 0. The van der Waals surface area contributed by atoms with Gasteiger partial charge in [-0.3, -0.25) is 9.79 Å². The molecular weight excluding hydrogens is 863 g/mol. The van der Waals surface area contributed by atoms with Gasteiger partial charge in [-0.15, -0.1) is 0 Å². The molecule has 1 spiro atoms. The molecule has 6 bridgehead atoms. The topological polar surface area (TPSA) is 180 Å². The molecular formula is C54H77N5O5S2. The van der Waals surface area contributed by atoms with E-state index in [-0.39, 0.29) is 71.5 Å². The van der Waals surface area contributed by atoms with E-state index in [9.17, 15) is 25.2 Å². The van der Waals surface area contributed by atoms with E-state index in [1.165, 1.54) is 57.8 Å². The van der Waals surface area contributed by atoms with Gasteiger partial charge in [0.15, 0.2) is 11.7 Å². The predicted molar refractivity (Wildman–Crippen MR) is 262 cm³/mol. The van der Waals surface area contributed by atoms with Crippen molar-refractivity contribution < 1.29 is 25.2 Å². The number of nitrogens with two attached hydrogens (primary N) is 2. The molecule has 8 fully saturated rings. The molecule has 1 aromatic heterocycles. The Morgan fingerprint density at radius 1 is 0.924 bits per heavy atom. The van der Waals surface area contributed by atoms with Crippen LogP contribution in [0.5, 0.6) is 0 Å². The first-order valence-electron chi connectivity index (χ1n) is 26.3. The smallest absolute Gasteiger partial charge is 0.185 e. The van der Waals surface area contributed by atoms with Crippen molar-refractivity contribution in [2.75, 3.05) is 18.1 Å². The fraction of sp³-hybridized carbons (Fsp3) is 0.796. The standard InChI is InChI=1S/C54H77N5O5S2/c1-50(2)22-33(59-14-13-57-27-59)26-66-65-25-32-17-37(52(4)21-30(24-58-49(55)56)45-39(54(32,52)64)19-40(60)38-18-41(61)42(62)23-51(38,45)3)35-16-29-7-5-9-34-43(29)44(48(35)63)47(50)36-15-28-10-11-31-8-6-12-53(31,20-28)46(34)36/h13-14,19,27-33,35,37-38,41-42,44-46,48,61-64H,5-12,15-18,20-26H2,1-4H3,(H4,55,56,58)/t28-,29+,30-,31+,32-,33+,35+,37-,38+,41-,42+,44-,45+,46+,48+,51+,52-,53+,54-/m1/s1. The molecule has 0 radical (unpaired) electrons. The summed E-state index contributed by atoms with van der Waals surface area (Å²) in [5.74, 6) is 2.99. The number of carbonyl (C=O) groups is 1. The van der Waals surface area contributed by atoms with E-state index in [0.717, 1.165) is 54.6 Å². The van der Waals surface area contributed by atoms with Gasteiger partial charge in [0, 0.05) is 65.6 Å². The van der Waals surface area contributed by atoms with Crippen molar-refractivity contribution in [3.8, 4) is 0 Å². The molecule has 360 valence electrons. The van der Waals surface area contributed by atoms with Crippen molar-refractivity contribution in [2.24, 2.45) is 103 Å². The van der Waals surface area contributed by atoms with Crippen LogP contribution in [0.1, 0.15) is 136 Å². The lowest BCUT2D eigenvalue weighted by Crippen LogP contribution is -2.65. The average molecular weight is 940 g/mol. The van der Waals surface area contributed by atoms with Gasteiger partial charge in [-0.05, 0) is 166 Å². The van der Waals surface area contributed by atoms with Crippen LogP contribution in [0.4, 0.5) is 0 Å². The summed E-state index contributed by atoms with van der Waals surface area (Å²) in [6.07, 6.45) is 22.1. The third kappa shape index (κ3) is 6.24. The highest BCUT2D eigenvalue weighted by Gasteiger charge is 2.73. The molecule has 1 aromatic rings. The molecule has 2 heterocycles. The largest absolute Gasteiger partial charge is 0.392 e. The second-order valence-corrected chi connectivity index (χ2v) is 27.9. The molecule has 11 aliphatic rings. The molecule has 0 amide bonds. The number of nitrogens with zero attached hydrogens (tertiary/aromatic N) is 3. The van der Waals surface area contributed by atoms with E-state index in [1.807, 2.05) is 34.1 Å². The second kappa shape index (κ2) is 15.7. The van der Waals surface area contributed by atoms with Crippen molar-refractivity contribution in [3.63, 3.8) is 0 Å². The highest BCUT2D eigenvalue weighted by Crippen LogP contribution is 2.75. The zero-order valence-corrected chi connectivity index (χ0v) is 41.5. The van der Waals surface area contributed by atoms with Crippen LogP contribution in [0.3, 0.4) is 0 Å². The molecule has 0 aromatic carbocycles. The van der Waals surface area contributed by atoms with Crippen LogP contribution in [0.2, 0.25) is 0 Å². The van der Waals surface area contributed by atoms with Gasteiger partial charge in [-0.2, -0.15) is 0 Å². The van der Waals surface area contributed by atoms with Crippen molar-refractivity contribution in [1.82, 2.24) is 9.55 Å². The van der Waals surface area contributed by atoms with Gasteiger partial charge >= 0.3 is 0 Å². The minimum Gasteiger partial charge on any atom is -0.392 e. The Kier molecular flexibility index (Phi) is 10.7. The summed E-state index contributed by atoms with van der Waals surface area (Å²) in [4.78, 5) is 23.9. The maximum atomic E-state index is 14.7. The van der Waals surface area contributed by atoms with Crippen molar-refractivity contribution in [1.29, 1.82) is 0 Å². The molecule has 19 atom stereocenters. The number of aliphatic imine (C=N–C) groups is 1. The maximum absolute atomic E-state index is 14.7. The Balaban J connectivity index is 1.04. The Labute approximate surface area is 400 Å². The molecule has 8 N–H and O–H groups in total. The summed E-state index contributed by atoms with van der Waals surface area (Å²) in [5, 5.41) is 50.6. The maximum Gasteiger partial charge on any atom is 0.185 e. The zero-order valence-electron chi connectivity index (χ0n) is 39.9.